The van der Waals surface area contributed by atoms with E-state index in [1.165, 1.54) is 0 Å². The second kappa shape index (κ2) is 4.02. The van der Waals surface area contributed by atoms with Crippen molar-refractivity contribution < 1.29 is 4.79 Å². The number of carbonyl (C=O) groups excluding carboxylic acids is 1. The maximum atomic E-state index is 11.2. The van der Waals surface area contributed by atoms with Gasteiger partial charge in [-0.2, -0.15) is 0 Å². The van der Waals surface area contributed by atoms with Crippen LogP contribution in [0.4, 0.5) is 0 Å². The molecule has 13 heavy (non-hydrogen) atoms. The Hall–Kier alpha value is -1.39. The van der Waals surface area contributed by atoms with Crippen molar-refractivity contribution in [3.63, 3.8) is 0 Å². The number of H-pyrrole nitrogens is 1. The number of aromatic amines is 1. The first kappa shape index (κ1) is 9.70. The second-order valence-electron chi connectivity index (χ2n) is 3.06. The molecule has 1 heterocycles. The Bertz CT molecular complexity index is 292. The van der Waals surface area contributed by atoms with E-state index in [2.05, 4.69) is 20.5 Å². The smallest absolute Gasteiger partial charge is 0.290 e. The van der Waals surface area contributed by atoms with Gasteiger partial charge in [-0.25, -0.2) is 4.98 Å². The molecule has 0 atom stereocenters. The van der Waals surface area contributed by atoms with E-state index in [9.17, 15) is 4.79 Å². The van der Waals surface area contributed by atoms with Gasteiger partial charge in [-0.1, -0.05) is 13.8 Å². The fourth-order valence-electron chi connectivity index (χ4n) is 0.874. The Morgan fingerprint density at radius 3 is 2.77 bits per heavy atom. The van der Waals surface area contributed by atoms with Crippen molar-refractivity contribution in [1.82, 2.24) is 20.5 Å². The van der Waals surface area contributed by atoms with Gasteiger partial charge in [0.15, 0.2) is 0 Å². The first-order chi connectivity index (χ1) is 6.15. The number of hydrogen-bond acceptors (Lipinski definition) is 3. The number of amides is 1. The topological polar surface area (TPSA) is 70.7 Å². The maximum absolute atomic E-state index is 11.2. The van der Waals surface area contributed by atoms with E-state index in [1.54, 1.807) is 0 Å². The highest BCUT2D eigenvalue weighted by Crippen LogP contribution is 2.07. The summed E-state index contributed by atoms with van der Waals surface area (Å²) in [4.78, 5) is 15.3. The van der Waals surface area contributed by atoms with E-state index in [4.69, 9.17) is 0 Å². The Kier molecular flexibility index (Phi) is 3.00. The van der Waals surface area contributed by atoms with Crippen LogP contribution < -0.4 is 5.32 Å². The molecule has 1 amide bonds. The summed E-state index contributed by atoms with van der Waals surface area (Å²) in [5.74, 6) is 0.980. The second-order valence-corrected chi connectivity index (χ2v) is 3.06. The van der Waals surface area contributed by atoms with Gasteiger partial charge in [0.05, 0.1) is 0 Å². The first-order valence-electron chi connectivity index (χ1n) is 4.35. The molecular formula is C8H14N4O. The minimum absolute atomic E-state index is 0.213. The average molecular weight is 182 g/mol. The minimum atomic E-state index is -0.231. The third-order valence-corrected chi connectivity index (χ3v) is 1.59. The van der Waals surface area contributed by atoms with Gasteiger partial charge in [-0.3, -0.25) is 9.89 Å². The lowest BCUT2D eigenvalue weighted by Crippen LogP contribution is -2.23. The monoisotopic (exact) mass is 182 g/mol. The van der Waals surface area contributed by atoms with Crippen LogP contribution in [0.1, 0.15) is 43.1 Å². The number of nitrogens with zero attached hydrogens (tertiary/aromatic N) is 2. The van der Waals surface area contributed by atoms with Gasteiger partial charge < -0.3 is 5.32 Å². The van der Waals surface area contributed by atoms with Gasteiger partial charge in [0.1, 0.15) is 5.82 Å². The predicted molar refractivity (Wildman–Crippen MR) is 48.5 cm³/mol. The molecule has 0 bridgehead atoms. The van der Waals surface area contributed by atoms with Crippen molar-refractivity contribution in [1.29, 1.82) is 0 Å². The zero-order chi connectivity index (χ0) is 9.84. The van der Waals surface area contributed by atoms with Crippen molar-refractivity contribution in [2.24, 2.45) is 0 Å². The zero-order valence-electron chi connectivity index (χ0n) is 8.09. The Morgan fingerprint density at radius 1 is 1.62 bits per heavy atom. The summed E-state index contributed by atoms with van der Waals surface area (Å²) in [6.07, 6.45) is 0. The van der Waals surface area contributed by atoms with Crippen molar-refractivity contribution >= 4 is 5.91 Å². The van der Waals surface area contributed by atoms with Crippen LogP contribution in [0.25, 0.3) is 0 Å². The number of aromatic nitrogens is 3. The highest BCUT2D eigenvalue weighted by Gasteiger charge is 2.12. The molecule has 0 spiro atoms. The molecule has 0 saturated carbocycles. The van der Waals surface area contributed by atoms with Crippen molar-refractivity contribution in [2.45, 2.75) is 26.7 Å². The van der Waals surface area contributed by atoms with Crippen molar-refractivity contribution in [3.8, 4) is 0 Å². The van der Waals surface area contributed by atoms with E-state index in [-0.39, 0.29) is 17.6 Å². The zero-order valence-corrected chi connectivity index (χ0v) is 8.09. The van der Waals surface area contributed by atoms with Gasteiger partial charge in [0.2, 0.25) is 5.82 Å². The number of nitrogens with one attached hydrogen (secondary N) is 2. The first-order valence-corrected chi connectivity index (χ1v) is 4.35. The molecule has 0 aliphatic carbocycles. The molecule has 1 rings (SSSR count). The highest BCUT2D eigenvalue weighted by molar-refractivity contribution is 5.90. The van der Waals surface area contributed by atoms with E-state index in [1.807, 2.05) is 20.8 Å². The highest BCUT2D eigenvalue weighted by atomic mass is 16.2. The largest absolute Gasteiger partial charge is 0.350 e. The Morgan fingerprint density at radius 2 is 2.31 bits per heavy atom. The molecule has 72 valence electrons. The summed E-state index contributed by atoms with van der Waals surface area (Å²) in [5, 5.41) is 9.16. The molecule has 2 N–H and O–H groups in total. The van der Waals surface area contributed by atoms with Crippen LogP contribution in [-0.2, 0) is 0 Å². The molecule has 1 aromatic rings. The molecular weight excluding hydrogens is 168 g/mol. The number of rotatable bonds is 3. The van der Waals surface area contributed by atoms with Crippen molar-refractivity contribution in [2.75, 3.05) is 6.54 Å². The molecule has 0 radical (unpaired) electrons. The van der Waals surface area contributed by atoms with Crippen LogP contribution in [0.5, 0.6) is 0 Å². The lowest BCUT2D eigenvalue weighted by atomic mass is 10.2. The normalized spacial score (nSPS) is 10.5. The van der Waals surface area contributed by atoms with Gasteiger partial charge in [0, 0.05) is 12.5 Å². The van der Waals surface area contributed by atoms with E-state index >= 15 is 0 Å². The fourth-order valence-corrected chi connectivity index (χ4v) is 0.874. The SMILES string of the molecule is CCNC(=O)c1n[nH]c(C(C)C)n1. The number of hydrogen-bond donors (Lipinski definition) is 2. The van der Waals surface area contributed by atoms with Crippen LogP contribution in [0.2, 0.25) is 0 Å². The minimum Gasteiger partial charge on any atom is -0.350 e. The average Bonchev–Trinajstić information content (AvgIpc) is 2.52. The summed E-state index contributed by atoms with van der Waals surface area (Å²) >= 11 is 0. The molecule has 5 heteroatoms. The third-order valence-electron chi connectivity index (χ3n) is 1.59. The fraction of sp³-hybridized carbons (Fsp3) is 0.625. The molecule has 0 fully saturated rings. The third kappa shape index (κ3) is 2.27. The Labute approximate surface area is 76.9 Å². The summed E-state index contributed by atoms with van der Waals surface area (Å²) in [6.45, 7) is 6.42. The molecule has 0 aliphatic rings. The molecule has 0 unspecified atom stereocenters. The predicted octanol–water partition coefficient (Wildman–Crippen LogP) is 0.678. The summed E-state index contributed by atoms with van der Waals surface area (Å²) in [5.41, 5.74) is 0. The standard InChI is InChI=1S/C8H14N4O/c1-4-9-8(13)7-10-6(5(2)3)11-12-7/h5H,4H2,1-3H3,(H,9,13)(H,10,11,12). The van der Waals surface area contributed by atoms with Crippen LogP contribution >= 0.6 is 0 Å². The number of carbonyl (C=O) groups is 1. The van der Waals surface area contributed by atoms with E-state index in [0.717, 1.165) is 5.82 Å². The maximum Gasteiger partial charge on any atom is 0.290 e. The van der Waals surface area contributed by atoms with E-state index in [0.29, 0.717) is 6.54 Å². The van der Waals surface area contributed by atoms with Crippen molar-refractivity contribution in [3.05, 3.63) is 11.6 Å². The van der Waals surface area contributed by atoms with Crippen LogP contribution in [-0.4, -0.2) is 27.6 Å². The van der Waals surface area contributed by atoms with Gasteiger partial charge >= 0.3 is 0 Å². The molecule has 1 aromatic heterocycles. The molecule has 5 nitrogen and oxygen atoms in total. The molecule has 0 aliphatic heterocycles. The van der Waals surface area contributed by atoms with Gasteiger partial charge in [0.25, 0.3) is 5.91 Å². The lowest BCUT2D eigenvalue weighted by Gasteiger charge is -1.96. The van der Waals surface area contributed by atoms with E-state index < -0.39 is 0 Å². The lowest BCUT2D eigenvalue weighted by molar-refractivity contribution is 0.0946. The summed E-state index contributed by atoms with van der Waals surface area (Å²) in [6, 6.07) is 0. The molecule has 0 saturated heterocycles. The van der Waals surface area contributed by atoms with Gasteiger partial charge in [-0.05, 0) is 6.92 Å². The summed E-state index contributed by atoms with van der Waals surface area (Å²) < 4.78 is 0. The van der Waals surface area contributed by atoms with Crippen LogP contribution in [0.3, 0.4) is 0 Å². The molecule has 0 aromatic carbocycles. The van der Waals surface area contributed by atoms with Crippen LogP contribution in [0, 0.1) is 0 Å². The summed E-state index contributed by atoms with van der Waals surface area (Å²) in [7, 11) is 0. The Balaban J connectivity index is 2.73. The van der Waals surface area contributed by atoms with Crippen LogP contribution in [0.15, 0.2) is 0 Å². The van der Waals surface area contributed by atoms with Gasteiger partial charge in [-0.15, -0.1) is 5.10 Å². The quantitative estimate of drug-likeness (QED) is 0.722.